The highest BCUT2D eigenvalue weighted by atomic mass is 35.5. The van der Waals surface area contributed by atoms with E-state index in [4.69, 9.17) is 23.2 Å². The standard InChI is InChI=1S/C30H41Cl2N3O4S/c1-5-28(30(37)33-24-10-7-6-8-11-24)34(20-23-13-14-26(31)27(32)19-23)29(36)12-9-15-35(40(4,38)39)25-17-21(2)16-22(3)18-25/h13-14,16-19,24,28H,5-12,15,20H2,1-4H3,(H,33,37)/t28-/m1/s1. The van der Waals surface area contributed by atoms with Gasteiger partial charge in [-0.25, -0.2) is 8.42 Å². The number of aryl methyl sites for hydroxylation is 2. The number of carbonyl (C=O) groups excluding carboxylic acids is 2. The number of nitrogens with zero attached hydrogens (tertiary/aromatic N) is 2. The maximum atomic E-state index is 13.7. The van der Waals surface area contributed by atoms with Crippen molar-refractivity contribution in [2.75, 3.05) is 17.1 Å². The van der Waals surface area contributed by atoms with Gasteiger partial charge in [0.05, 0.1) is 22.0 Å². The second-order valence-corrected chi connectivity index (χ2v) is 13.5. The Bertz CT molecular complexity index is 1280. The van der Waals surface area contributed by atoms with Gasteiger partial charge in [0.1, 0.15) is 6.04 Å². The lowest BCUT2D eigenvalue weighted by Gasteiger charge is -2.33. The van der Waals surface area contributed by atoms with Crippen molar-refractivity contribution < 1.29 is 18.0 Å². The van der Waals surface area contributed by atoms with E-state index in [0.29, 0.717) is 28.6 Å². The van der Waals surface area contributed by atoms with Crippen LogP contribution in [0.25, 0.3) is 0 Å². The van der Waals surface area contributed by atoms with Crippen molar-refractivity contribution in [2.24, 2.45) is 0 Å². The number of sulfonamides is 1. The largest absolute Gasteiger partial charge is 0.352 e. The molecule has 0 spiro atoms. The molecule has 0 heterocycles. The minimum absolute atomic E-state index is 0.0886. The van der Waals surface area contributed by atoms with Gasteiger partial charge in [0.25, 0.3) is 0 Å². The van der Waals surface area contributed by atoms with Crippen LogP contribution >= 0.6 is 23.2 Å². The number of halogens is 2. The summed E-state index contributed by atoms with van der Waals surface area (Å²) in [5.74, 6) is -0.374. The number of amides is 2. The van der Waals surface area contributed by atoms with Gasteiger partial charge in [-0.05, 0) is 80.5 Å². The fourth-order valence-corrected chi connectivity index (χ4v) is 6.67. The Morgan fingerprint density at radius 1 is 1.00 bits per heavy atom. The third-order valence-electron chi connectivity index (χ3n) is 7.32. The maximum Gasteiger partial charge on any atom is 0.243 e. The zero-order chi connectivity index (χ0) is 29.4. The molecule has 3 rings (SSSR count). The molecule has 1 N–H and O–H groups in total. The molecule has 1 aliphatic carbocycles. The Labute approximate surface area is 249 Å². The fourth-order valence-electron chi connectivity index (χ4n) is 5.40. The number of carbonyl (C=O) groups is 2. The molecule has 7 nitrogen and oxygen atoms in total. The highest BCUT2D eigenvalue weighted by Gasteiger charge is 2.30. The molecule has 2 amide bonds. The van der Waals surface area contributed by atoms with Gasteiger partial charge < -0.3 is 10.2 Å². The normalized spacial score (nSPS) is 14.9. The van der Waals surface area contributed by atoms with E-state index in [1.54, 1.807) is 23.1 Å². The van der Waals surface area contributed by atoms with E-state index in [9.17, 15) is 18.0 Å². The van der Waals surface area contributed by atoms with Crippen LogP contribution < -0.4 is 9.62 Å². The first-order valence-corrected chi connectivity index (χ1v) is 16.6. The van der Waals surface area contributed by atoms with Gasteiger partial charge >= 0.3 is 0 Å². The Morgan fingerprint density at radius 3 is 2.23 bits per heavy atom. The van der Waals surface area contributed by atoms with Crippen molar-refractivity contribution in [1.29, 1.82) is 0 Å². The Morgan fingerprint density at radius 2 is 1.65 bits per heavy atom. The molecule has 220 valence electrons. The predicted octanol–water partition coefficient (Wildman–Crippen LogP) is 6.41. The summed E-state index contributed by atoms with van der Waals surface area (Å²) in [5, 5.41) is 3.96. The Balaban J connectivity index is 1.79. The van der Waals surface area contributed by atoms with E-state index >= 15 is 0 Å². The topological polar surface area (TPSA) is 86.8 Å². The van der Waals surface area contributed by atoms with E-state index in [1.165, 1.54) is 17.0 Å². The van der Waals surface area contributed by atoms with Crippen molar-refractivity contribution >= 4 is 50.7 Å². The summed E-state index contributed by atoms with van der Waals surface area (Å²) in [6, 6.07) is 10.3. The number of hydrogen-bond donors (Lipinski definition) is 1. The summed E-state index contributed by atoms with van der Waals surface area (Å²) >= 11 is 12.3. The number of anilines is 1. The number of hydrogen-bond acceptors (Lipinski definition) is 4. The van der Waals surface area contributed by atoms with Crippen molar-refractivity contribution in [3.63, 3.8) is 0 Å². The zero-order valence-corrected chi connectivity index (χ0v) is 26.2. The van der Waals surface area contributed by atoms with Gasteiger partial charge in [-0.1, -0.05) is 61.5 Å². The van der Waals surface area contributed by atoms with E-state index in [2.05, 4.69) is 5.32 Å². The van der Waals surface area contributed by atoms with Crippen LogP contribution in [0.5, 0.6) is 0 Å². The monoisotopic (exact) mass is 609 g/mol. The minimum Gasteiger partial charge on any atom is -0.352 e. The molecular weight excluding hydrogens is 569 g/mol. The Hall–Kier alpha value is -2.29. The summed E-state index contributed by atoms with van der Waals surface area (Å²) in [5.41, 5.74) is 3.27. The molecule has 1 aliphatic rings. The molecule has 2 aromatic carbocycles. The van der Waals surface area contributed by atoms with Crippen LogP contribution in [0.4, 0.5) is 5.69 Å². The number of benzene rings is 2. The van der Waals surface area contributed by atoms with Crippen molar-refractivity contribution in [3.8, 4) is 0 Å². The van der Waals surface area contributed by atoms with E-state index in [0.717, 1.165) is 42.4 Å². The zero-order valence-electron chi connectivity index (χ0n) is 23.9. The lowest BCUT2D eigenvalue weighted by Crippen LogP contribution is -2.51. The second kappa shape index (κ2) is 14.6. The molecule has 0 aromatic heterocycles. The molecule has 0 radical (unpaired) electrons. The molecule has 0 aliphatic heterocycles. The van der Waals surface area contributed by atoms with Crippen molar-refractivity contribution in [3.05, 3.63) is 63.1 Å². The van der Waals surface area contributed by atoms with E-state index in [1.807, 2.05) is 39.0 Å². The summed E-state index contributed by atoms with van der Waals surface area (Å²) in [6.07, 6.45) is 7.26. The highest BCUT2D eigenvalue weighted by Crippen LogP contribution is 2.26. The van der Waals surface area contributed by atoms with Crippen molar-refractivity contribution in [1.82, 2.24) is 10.2 Å². The number of nitrogens with one attached hydrogen (secondary N) is 1. The average Bonchev–Trinajstić information content (AvgIpc) is 2.87. The third-order valence-corrected chi connectivity index (χ3v) is 9.25. The summed E-state index contributed by atoms with van der Waals surface area (Å²) < 4.78 is 26.6. The first kappa shape index (κ1) is 32.2. The Kier molecular flexibility index (Phi) is 11.7. The second-order valence-electron chi connectivity index (χ2n) is 10.8. The highest BCUT2D eigenvalue weighted by molar-refractivity contribution is 7.92. The smallest absolute Gasteiger partial charge is 0.243 e. The lowest BCUT2D eigenvalue weighted by molar-refractivity contribution is -0.141. The maximum absolute atomic E-state index is 13.7. The summed E-state index contributed by atoms with van der Waals surface area (Å²) in [6.45, 7) is 6.08. The first-order chi connectivity index (χ1) is 18.9. The van der Waals surface area contributed by atoms with Crippen LogP contribution in [0.3, 0.4) is 0 Å². The van der Waals surface area contributed by atoms with Gasteiger partial charge in [0, 0.05) is 25.6 Å². The van der Waals surface area contributed by atoms with Gasteiger partial charge in [-0.15, -0.1) is 0 Å². The van der Waals surface area contributed by atoms with Crippen LogP contribution in [-0.2, 0) is 26.2 Å². The quantitative estimate of drug-likeness (QED) is 0.301. The predicted molar refractivity (Wildman–Crippen MR) is 163 cm³/mol. The SMILES string of the molecule is CC[C@H](C(=O)NC1CCCCC1)N(Cc1ccc(Cl)c(Cl)c1)C(=O)CCCN(c1cc(C)cc(C)c1)S(C)(=O)=O. The summed E-state index contributed by atoms with van der Waals surface area (Å²) in [4.78, 5) is 28.7. The van der Waals surface area contributed by atoms with Crippen LogP contribution in [-0.4, -0.2) is 50.0 Å². The fraction of sp³-hybridized carbons (Fsp3) is 0.533. The van der Waals surface area contributed by atoms with Crippen LogP contribution in [0.2, 0.25) is 10.0 Å². The molecule has 10 heteroatoms. The third kappa shape index (κ3) is 9.11. The molecule has 1 saturated carbocycles. The van der Waals surface area contributed by atoms with Gasteiger partial charge in [-0.2, -0.15) is 0 Å². The van der Waals surface area contributed by atoms with Crippen LogP contribution in [0.1, 0.15) is 75.0 Å². The average molecular weight is 611 g/mol. The molecule has 40 heavy (non-hydrogen) atoms. The molecule has 1 atom stereocenters. The van der Waals surface area contributed by atoms with E-state index < -0.39 is 16.1 Å². The molecule has 0 unspecified atom stereocenters. The molecule has 0 saturated heterocycles. The lowest BCUT2D eigenvalue weighted by atomic mass is 9.95. The molecule has 2 aromatic rings. The van der Waals surface area contributed by atoms with Crippen molar-refractivity contribution in [2.45, 2.75) is 90.8 Å². The molecule has 0 bridgehead atoms. The van der Waals surface area contributed by atoms with E-state index in [-0.39, 0.29) is 37.4 Å². The van der Waals surface area contributed by atoms with Crippen LogP contribution in [0.15, 0.2) is 36.4 Å². The van der Waals surface area contributed by atoms with Gasteiger partial charge in [0.15, 0.2) is 0 Å². The first-order valence-electron chi connectivity index (χ1n) is 14.0. The van der Waals surface area contributed by atoms with Crippen LogP contribution in [0, 0.1) is 13.8 Å². The minimum atomic E-state index is -3.56. The molecule has 1 fully saturated rings. The number of rotatable bonds is 12. The van der Waals surface area contributed by atoms with Gasteiger partial charge in [-0.3, -0.25) is 13.9 Å². The molecular formula is C30H41Cl2N3O4S. The summed E-state index contributed by atoms with van der Waals surface area (Å²) in [7, 11) is -3.56. The van der Waals surface area contributed by atoms with Gasteiger partial charge in [0.2, 0.25) is 21.8 Å².